The minimum absolute atomic E-state index is 0.521. The summed E-state index contributed by atoms with van der Waals surface area (Å²) >= 11 is 5.92. The zero-order valence-corrected chi connectivity index (χ0v) is 18.3. The highest BCUT2D eigenvalue weighted by Gasteiger charge is 2.10. The molecule has 7 nitrogen and oxygen atoms in total. The molecule has 0 saturated carbocycles. The van der Waals surface area contributed by atoms with Crippen molar-refractivity contribution in [3.05, 3.63) is 76.8 Å². The molecule has 3 aromatic rings. The molecule has 0 radical (unpaired) electrons. The second-order valence-electron chi connectivity index (χ2n) is 6.93. The lowest BCUT2D eigenvalue weighted by Crippen LogP contribution is -2.41. The molecular weight excluding hydrogens is 400 g/mol. The van der Waals surface area contributed by atoms with Crippen LogP contribution in [0.15, 0.2) is 59.6 Å². The molecule has 0 aliphatic rings. The van der Waals surface area contributed by atoms with Crippen LogP contribution < -0.4 is 10.1 Å². The Morgan fingerprint density at radius 1 is 1.13 bits per heavy atom. The van der Waals surface area contributed by atoms with Crippen molar-refractivity contribution in [2.24, 2.45) is 12.0 Å². The smallest absolute Gasteiger partial charge is 0.194 e. The first-order chi connectivity index (χ1) is 14.5. The molecule has 0 aliphatic carbocycles. The van der Waals surface area contributed by atoms with E-state index in [-0.39, 0.29) is 0 Å². The van der Waals surface area contributed by atoms with Gasteiger partial charge in [0.2, 0.25) is 0 Å². The highest BCUT2D eigenvalue weighted by molar-refractivity contribution is 6.30. The third-order valence-electron chi connectivity index (χ3n) is 4.71. The maximum atomic E-state index is 5.92. The maximum absolute atomic E-state index is 5.92. The van der Waals surface area contributed by atoms with Gasteiger partial charge in [0.05, 0.1) is 19.6 Å². The van der Waals surface area contributed by atoms with Crippen molar-refractivity contribution in [1.29, 1.82) is 0 Å². The minimum Gasteiger partial charge on any atom is -0.492 e. The van der Waals surface area contributed by atoms with Gasteiger partial charge in [-0.1, -0.05) is 41.9 Å². The third-order valence-corrected chi connectivity index (χ3v) is 4.96. The number of hydrogen-bond donors (Lipinski definition) is 1. The predicted octanol–water partition coefficient (Wildman–Crippen LogP) is 3.43. The van der Waals surface area contributed by atoms with E-state index in [0.717, 1.165) is 28.9 Å². The lowest BCUT2D eigenvalue weighted by molar-refractivity contribution is 0.281. The number of ether oxygens (including phenoxy) is 1. The zero-order chi connectivity index (χ0) is 21.3. The number of nitrogens with zero attached hydrogens (tertiary/aromatic N) is 5. The van der Waals surface area contributed by atoms with Crippen molar-refractivity contribution in [1.82, 2.24) is 25.0 Å². The Labute approximate surface area is 182 Å². The summed E-state index contributed by atoms with van der Waals surface area (Å²) in [6.07, 6.45) is 0. The number of aromatic nitrogens is 3. The largest absolute Gasteiger partial charge is 0.492 e. The maximum Gasteiger partial charge on any atom is 0.194 e. The molecule has 0 saturated heterocycles. The average Bonchev–Trinajstić information content (AvgIpc) is 3.08. The van der Waals surface area contributed by atoms with Gasteiger partial charge in [-0.25, -0.2) is 4.99 Å². The van der Waals surface area contributed by atoms with E-state index in [9.17, 15) is 0 Å². The van der Waals surface area contributed by atoms with Gasteiger partial charge < -0.3 is 19.5 Å². The Bertz CT molecular complexity index is 956. The Hall–Kier alpha value is -3.06. The van der Waals surface area contributed by atoms with Gasteiger partial charge >= 0.3 is 0 Å². The van der Waals surface area contributed by atoms with Crippen molar-refractivity contribution in [2.45, 2.75) is 20.0 Å². The molecule has 0 amide bonds. The standard InChI is InChI=1S/C22H27ClN6O/c1-17-26-27-21(29(17)3)16-25-22(24-15-18-7-5-4-6-8-18)28(2)13-14-30-20-11-9-19(23)10-12-20/h4-12H,13-16H2,1-3H3,(H,24,25). The number of halogens is 1. The Kier molecular flexibility index (Phi) is 7.68. The molecular formula is C22H27ClN6O. The molecule has 1 heterocycles. The molecule has 1 aromatic heterocycles. The van der Waals surface area contributed by atoms with Crippen LogP contribution in [0, 0.1) is 6.92 Å². The van der Waals surface area contributed by atoms with E-state index in [0.29, 0.717) is 31.3 Å². The van der Waals surface area contributed by atoms with E-state index in [1.165, 1.54) is 0 Å². The quantitative estimate of drug-likeness (QED) is 0.441. The van der Waals surface area contributed by atoms with Gasteiger partial charge in [-0.2, -0.15) is 0 Å². The second-order valence-corrected chi connectivity index (χ2v) is 7.36. The van der Waals surface area contributed by atoms with Gasteiger partial charge in [0.25, 0.3) is 0 Å². The first kappa shape index (κ1) is 21.6. The van der Waals surface area contributed by atoms with Crippen LogP contribution in [0.2, 0.25) is 5.02 Å². The fraction of sp³-hybridized carbons (Fsp3) is 0.318. The lowest BCUT2D eigenvalue weighted by atomic mass is 10.2. The average molecular weight is 427 g/mol. The topological polar surface area (TPSA) is 67.6 Å². The van der Waals surface area contributed by atoms with Gasteiger partial charge in [0.1, 0.15) is 18.2 Å². The highest BCUT2D eigenvalue weighted by atomic mass is 35.5. The molecule has 1 N–H and O–H groups in total. The molecule has 2 aromatic carbocycles. The minimum atomic E-state index is 0.521. The molecule has 0 atom stereocenters. The summed E-state index contributed by atoms with van der Waals surface area (Å²) < 4.78 is 7.78. The number of nitrogens with one attached hydrogen (secondary N) is 1. The molecule has 8 heteroatoms. The van der Waals surface area contributed by atoms with Crippen molar-refractivity contribution < 1.29 is 4.74 Å². The van der Waals surface area contributed by atoms with Crippen LogP contribution in [0.25, 0.3) is 0 Å². The summed E-state index contributed by atoms with van der Waals surface area (Å²) in [5.74, 6) is 3.29. The summed E-state index contributed by atoms with van der Waals surface area (Å²) in [5, 5.41) is 12.4. The molecule has 0 aliphatic heterocycles. The summed E-state index contributed by atoms with van der Waals surface area (Å²) in [6, 6.07) is 17.5. The SMILES string of the molecule is Cc1nnc(CNC(=NCc2ccccc2)N(C)CCOc2ccc(Cl)cc2)n1C. The van der Waals surface area contributed by atoms with Gasteiger partial charge in [-0.05, 0) is 36.8 Å². The van der Waals surface area contributed by atoms with Crippen molar-refractivity contribution in [2.75, 3.05) is 20.2 Å². The van der Waals surface area contributed by atoms with Crippen molar-refractivity contribution in [3.63, 3.8) is 0 Å². The number of hydrogen-bond acceptors (Lipinski definition) is 4. The van der Waals surface area contributed by atoms with E-state index in [2.05, 4.69) is 27.6 Å². The number of aliphatic imine (C=N–C) groups is 1. The van der Waals surface area contributed by atoms with Crippen LogP contribution in [-0.2, 0) is 20.1 Å². The first-order valence-corrected chi connectivity index (χ1v) is 10.2. The van der Waals surface area contributed by atoms with Crippen LogP contribution in [0.5, 0.6) is 5.75 Å². The van der Waals surface area contributed by atoms with E-state index in [1.54, 1.807) is 0 Å². The van der Waals surface area contributed by atoms with Crippen LogP contribution >= 0.6 is 11.6 Å². The molecule has 0 fully saturated rings. The van der Waals surface area contributed by atoms with Crippen LogP contribution in [-0.4, -0.2) is 45.8 Å². The summed E-state index contributed by atoms with van der Waals surface area (Å²) in [6.45, 7) is 4.24. The van der Waals surface area contributed by atoms with Crippen molar-refractivity contribution >= 4 is 17.6 Å². The molecule has 3 rings (SSSR count). The lowest BCUT2D eigenvalue weighted by Gasteiger charge is -2.22. The fourth-order valence-electron chi connectivity index (χ4n) is 2.76. The number of benzene rings is 2. The third kappa shape index (κ3) is 6.22. The van der Waals surface area contributed by atoms with Gasteiger partial charge in [-0.15, -0.1) is 10.2 Å². The summed E-state index contributed by atoms with van der Waals surface area (Å²) in [5.41, 5.74) is 1.15. The normalized spacial score (nSPS) is 11.4. The molecule has 158 valence electrons. The fourth-order valence-corrected chi connectivity index (χ4v) is 2.89. The molecule has 0 bridgehead atoms. The molecule has 0 unspecified atom stereocenters. The molecule has 30 heavy (non-hydrogen) atoms. The van der Waals surface area contributed by atoms with Gasteiger partial charge in [-0.3, -0.25) is 0 Å². The van der Waals surface area contributed by atoms with Crippen LogP contribution in [0.3, 0.4) is 0 Å². The molecule has 0 spiro atoms. The Morgan fingerprint density at radius 2 is 1.87 bits per heavy atom. The van der Waals surface area contributed by atoms with Crippen molar-refractivity contribution in [3.8, 4) is 5.75 Å². The summed E-state index contributed by atoms with van der Waals surface area (Å²) in [7, 11) is 3.95. The highest BCUT2D eigenvalue weighted by Crippen LogP contribution is 2.15. The number of rotatable bonds is 8. The summed E-state index contributed by atoms with van der Waals surface area (Å²) in [4.78, 5) is 6.83. The van der Waals surface area contributed by atoms with Crippen LogP contribution in [0.1, 0.15) is 17.2 Å². The Balaban J connectivity index is 1.62. The van der Waals surface area contributed by atoms with Gasteiger partial charge in [0, 0.05) is 19.1 Å². The number of guanidine groups is 1. The monoisotopic (exact) mass is 426 g/mol. The zero-order valence-electron chi connectivity index (χ0n) is 17.5. The van der Waals surface area contributed by atoms with E-state index in [4.69, 9.17) is 21.3 Å². The van der Waals surface area contributed by atoms with Crippen LogP contribution in [0.4, 0.5) is 0 Å². The first-order valence-electron chi connectivity index (χ1n) is 9.79. The van der Waals surface area contributed by atoms with Gasteiger partial charge in [0.15, 0.2) is 11.8 Å². The Morgan fingerprint density at radius 3 is 2.53 bits per heavy atom. The van der Waals surface area contributed by atoms with E-state index < -0.39 is 0 Å². The van der Waals surface area contributed by atoms with E-state index >= 15 is 0 Å². The predicted molar refractivity (Wildman–Crippen MR) is 120 cm³/mol. The number of likely N-dealkylation sites (N-methyl/N-ethyl adjacent to an activating group) is 1. The second kappa shape index (κ2) is 10.6. The number of aryl methyl sites for hydroxylation is 1. The van der Waals surface area contributed by atoms with E-state index in [1.807, 2.05) is 73.0 Å².